The number of hydrogen-bond acceptors (Lipinski definition) is 1. The molecule has 0 radical (unpaired) electrons. The van der Waals surface area contributed by atoms with E-state index in [0.29, 0.717) is 13.0 Å². The predicted octanol–water partition coefficient (Wildman–Crippen LogP) is 4.18. The van der Waals surface area contributed by atoms with E-state index in [1.165, 1.54) is 12.1 Å². The second-order valence-electron chi connectivity index (χ2n) is 3.26. The van der Waals surface area contributed by atoms with Gasteiger partial charge in [-0.15, -0.1) is 11.8 Å². The molecule has 0 atom stereocenters. The Morgan fingerprint density at radius 1 is 1.35 bits per heavy atom. The third-order valence-electron chi connectivity index (χ3n) is 2.05. The highest BCUT2D eigenvalue weighted by molar-refractivity contribution is 6.33. The van der Waals surface area contributed by atoms with Crippen molar-refractivity contribution in [2.75, 3.05) is 11.9 Å². The summed E-state index contributed by atoms with van der Waals surface area (Å²) < 4.78 is 38.0. The number of benzene rings is 1. The van der Waals surface area contributed by atoms with Crippen LogP contribution in [0, 0.1) is 11.8 Å². The highest BCUT2D eigenvalue weighted by Gasteiger charge is 2.34. The van der Waals surface area contributed by atoms with E-state index in [1.807, 2.05) is 0 Å². The summed E-state index contributed by atoms with van der Waals surface area (Å²) >= 11 is 5.75. The molecule has 0 fully saturated rings. The quantitative estimate of drug-likeness (QED) is 0.636. The lowest BCUT2D eigenvalue weighted by atomic mass is 10.1. The summed E-state index contributed by atoms with van der Waals surface area (Å²) in [5.41, 5.74) is -0.839. The van der Waals surface area contributed by atoms with Crippen molar-refractivity contribution >= 4 is 17.3 Å². The zero-order chi connectivity index (χ0) is 12.9. The fourth-order valence-corrected chi connectivity index (χ4v) is 1.56. The van der Waals surface area contributed by atoms with E-state index in [0.717, 1.165) is 6.07 Å². The first-order valence-corrected chi connectivity index (χ1v) is 5.34. The standard InChI is InChI=1S/C12H11ClF3N/c1-2-3-4-8-17-11-9(12(14,15)16)6-5-7-10(11)13/h5-7,17H,4,8H2,1H3. The number of para-hydroxylation sites is 1. The molecule has 1 N–H and O–H groups in total. The van der Waals surface area contributed by atoms with Gasteiger partial charge in [-0.2, -0.15) is 13.2 Å². The largest absolute Gasteiger partial charge is 0.418 e. The van der Waals surface area contributed by atoms with Crippen molar-refractivity contribution in [3.63, 3.8) is 0 Å². The molecule has 0 saturated carbocycles. The van der Waals surface area contributed by atoms with Crippen molar-refractivity contribution in [2.45, 2.75) is 19.5 Å². The average Bonchev–Trinajstić information content (AvgIpc) is 2.24. The minimum Gasteiger partial charge on any atom is -0.382 e. The molecule has 0 aliphatic heterocycles. The molecule has 1 rings (SSSR count). The van der Waals surface area contributed by atoms with Gasteiger partial charge in [0.2, 0.25) is 0 Å². The van der Waals surface area contributed by atoms with Crippen LogP contribution in [-0.2, 0) is 6.18 Å². The van der Waals surface area contributed by atoms with Gasteiger partial charge >= 0.3 is 6.18 Å². The maximum absolute atomic E-state index is 12.7. The van der Waals surface area contributed by atoms with E-state index in [-0.39, 0.29) is 10.7 Å². The normalized spacial score (nSPS) is 10.6. The molecule has 17 heavy (non-hydrogen) atoms. The number of anilines is 1. The van der Waals surface area contributed by atoms with Crippen LogP contribution in [0.2, 0.25) is 5.02 Å². The number of hydrogen-bond donors (Lipinski definition) is 1. The van der Waals surface area contributed by atoms with Gasteiger partial charge in [-0.05, 0) is 19.1 Å². The Morgan fingerprint density at radius 3 is 2.65 bits per heavy atom. The van der Waals surface area contributed by atoms with Gasteiger partial charge in [0, 0.05) is 13.0 Å². The van der Waals surface area contributed by atoms with E-state index in [1.54, 1.807) is 6.92 Å². The fourth-order valence-electron chi connectivity index (χ4n) is 1.32. The molecule has 1 aromatic carbocycles. The summed E-state index contributed by atoms with van der Waals surface area (Å²) in [6.45, 7) is 2.00. The fraction of sp³-hybridized carbons (Fsp3) is 0.333. The summed E-state index contributed by atoms with van der Waals surface area (Å²) in [6.07, 6.45) is -3.94. The minimum atomic E-state index is -4.41. The molecule has 1 nitrogen and oxygen atoms in total. The molecule has 0 saturated heterocycles. The maximum atomic E-state index is 12.7. The summed E-state index contributed by atoms with van der Waals surface area (Å²) in [5.74, 6) is 5.43. The van der Waals surface area contributed by atoms with Crippen LogP contribution < -0.4 is 5.32 Å². The number of rotatable bonds is 3. The predicted molar refractivity (Wildman–Crippen MR) is 63.0 cm³/mol. The Bertz CT molecular complexity index is 443. The van der Waals surface area contributed by atoms with Gasteiger partial charge in [0.1, 0.15) is 0 Å². The van der Waals surface area contributed by atoms with Gasteiger partial charge < -0.3 is 5.32 Å². The number of nitrogens with one attached hydrogen (secondary N) is 1. The lowest BCUT2D eigenvalue weighted by Gasteiger charge is -2.15. The van der Waals surface area contributed by atoms with Crippen LogP contribution in [0.25, 0.3) is 0 Å². The van der Waals surface area contributed by atoms with Gasteiger partial charge in [0.05, 0.1) is 16.3 Å². The van der Waals surface area contributed by atoms with Gasteiger partial charge in [-0.25, -0.2) is 0 Å². The first-order valence-electron chi connectivity index (χ1n) is 4.96. The molecule has 0 aromatic heterocycles. The molecule has 0 aliphatic carbocycles. The second-order valence-corrected chi connectivity index (χ2v) is 3.67. The van der Waals surface area contributed by atoms with E-state index >= 15 is 0 Å². The van der Waals surface area contributed by atoms with E-state index in [9.17, 15) is 13.2 Å². The average molecular weight is 262 g/mol. The highest BCUT2D eigenvalue weighted by Crippen LogP contribution is 2.38. The van der Waals surface area contributed by atoms with E-state index in [2.05, 4.69) is 17.2 Å². The summed E-state index contributed by atoms with van der Waals surface area (Å²) in [7, 11) is 0. The first kappa shape index (κ1) is 13.7. The van der Waals surface area contributed by atoms with Crippen LogP contribution in [0.4, 0.5) is 18.9 Å². The molecular weight excluding hydrogens is 251 g/mol. The van der Waals surface area contributed by atoms with Crippen molar-refractivity contribution in [1.29, 1.82) is 0 Å². The van der Waals surface area contributed by atoms with Gasteiger partial charge in [0.15, 0.2) is 0 Å². The van der Waals surface area contributed by atoms with Crippen LogP contribution in [0.15, 0.2) is 18.2 Å². The molecule has 0 unspecified atom stereocenters. The molecule has 1 aromatic rings. The topological polar surface area (TPSA) is 12.0 Å². The molecule has 5 heteroatoms. The molecule has 0 bridgehead atoms. The van der Waals surface area contributed by atoms with Crippen LogP contribution in [0.3, 0.4) is 0 Å². The van der Waals surface area contributed by atoms with Gasteiger partial charge in [0.25, 0.3) is 0 Å². The summed E-state index contributed by atoms with van der Waals surface area (Å²) in [6, 6.07) is 3.70. The third kappa shape index (κ3) is 3.86. The van der Waals surface area contributed by atoms with Crippen LogP contribution in [0.5, 0.6) is 0 Å². The molecule has 0 aliphatic rings. The van der Waals surface area contributed by atoms with Crippen molar-refractivity contribution in [2.24, 2.45) is 0 Å². The number of halogens is 4. The summed E-state index contributed by atoms with van der Waals surface area (Å²) in [5, 5.41) is 2.73. The third-order valence-corrected chi connectivity index (χ3v) is 2.36. The van der Waals surface area contributed by atoms with Crippen molar-refractivity contribution in [3.05, 3.63) is 28.8 Å². The smallest absolute Gasteiger partial charge is 0.382 e. The molecule has 0 heterocycles. The zero-order valence-electron chi connectivity index (χ0n) is 9.16. The van der Waals surface area contributed by atoms with Gasteiger partial charge in [-0.3, -0.25) is 0 Å². The lowest BCUT2D eigenvalue weighted by Crippen LogP contribution is -2.11. The molecule has 0 amide bonds. The van der Waals surface area contributed by atoms with Gasteiger partial charge in [-0.1, -0.05) is 17.7 Å². The Kier molecular flexibility index (Phi) is 4.71. The van der Waals surface area contributed by atoms with E-state index < -0.39 is 11.7 Å². The second kappa shape index (κ2) is 5.83. The Morgan fingerprint density at radius 2 is 2.06 bits per heavy atom. The molecule has 92 valence electrons. The van der Waals surface area contributed by atoms with Crippen molar-refractivity contribution in [1.82, 2.24) is 0 Å². The summed E-state index contributed by atoms with van der Waals surface area (Å²) in [4.78, 5) is 0. The monoisotopic (exact) mass is 261 g/mol. The Balaban J connectivity index is 2.91. The SMILES string of the molecule is CC#CCCNc1c(Cl)cccc1C(F)(F)F. The van der Waals surface area contributed by atoms with Crippen LogP contribution in [0.1, 0.15) is 18.9 Å². The van der Waals surface area contributed by atoms with Crippen molar-refractivity contribution < 1.29 is 13.2 Å². The Labute approximate surface area is 103 Å². The van der Waals surface area contributed by atoms with E-state index in [4.69, 9.17) is 11.6 Å². The van der Waals surface area contributed by atoms with Crippen LogP contribution in [-0.4, -0.2) is 6.54 Å². The maximum Gasteiger partial charge on any atom is 0.418 e. The van der Waals surface area contributed by atoms with Crippen LogP contribution >= 0.6 is 11.6 Å². The molecular formula is C12H11ClF3N. The van der Waals surface area contributed by atoms with Crippen molar-refractivity contribution in [3.8, 4) is 11.8 Å². The molecule has 0 spiro atoms. The number of alkyl halides is 3. The highest BCUT2D eigenvalue weighted by atomic mass is 35.5. The minimum absolute atomic E-state index is 0.0595. The lowest BCUT2D eigenvalue weighted by molar-refractivity contribution is -0.136. The Hall–Kier alpha value is -1.34. The zero-order valence-corrected chi connectivity index (χ0v) is 9.91. The first-order chi connectivity index (χ1) is 7.96.